The molecule has 30 heavy (non-hydrogen) atoms. The Hall–Kier alpha value is -3.52. The van der Waals surface area contributed by atoms with Gasteiger partial charge in [-0.3, -0.25) is 4.79 Å². The molecule has 0 aliphatic carbocycles. The van der Waals surface area contributed by atoms with Crippen molar-refractivity contribution < 1.29 is 4.79 Å². The molecule has 5 rings (SSSR count). The van der Waals surface area contributed by atoms with Crippen LogP contribution in [0.4, 0.5) is 11.6 Å². The highest BCUT2D eigenvalue weighted by Gasteiger charge is 2.48. The topological polar surface area (TPSA) is 88.3 Å². The Labute approximate surface area is 177 Å². The van der Waals surface area contributed by atoms with Gasteiger partial charge in [-0.2, -0.15) is 0 Å². The number of aromatic nitrogens is 5. The zero-order chi connectivity index (χ0) is 21.0. The number of rotatable bonds is 3. The molecule has 1 N–H and O–H groups in total. The molecular formula is C21H18ClN7O. The molecule has 1 unspecified atom stereocenters. The van der Waals surface area contributed by atoms with Crippen molar-refractivity contribution in [1.82, 2.24) is 24.3 Å². The van der Waals surface area contributed by atoms with Crippen LogP contribution in [-0.2, 0) is 10.2 Å². The van der Waals surface area contributed by atoms with E-state index in [0.29, 0.717) is 28.2 Å². The molecule has 3 aromatic heterocycles. The Kier molecular flexibility index (Phi) is 4.01. The van der Waals surface area contributed by atoms with Crippen LogP contribution in [0.5, 0.6) is 0 Å². The largest absolute Gasteiger partial charge is 0.362 e. The highest BCUT2D eigenvalue weighted by Crippen LogP contribution is 2.46. The lowest BCUT2D eigenvalue weighted by molar-refractivity contribution is -0.119. The van der Waals surface area contributed by atoms with Gasteiger partial charge in [-0.1, -0.05) is 23.7 Å². The molecule has 1 atom stereocenters. The molecule has 1 aliphatic heterocycles. The zero-order valence-corrected chi connectivity index (χ0v) is 17.3. The Morgan fingerprint density at radius 3 is 2.63 bits per heavy atom. The summed E-state index contributed by atoms with van der Waals surface area (Å²) in [6, 6.07) is 7.28. The van der Waals surface area contributed by atoms with Gasteiger partial charge in [-0.25, -0.2) is 19.9 Å². The molecular weight excluding hydrogens is 402 g/mol. The number of fused-ring (bicyclic) bond motifs is 2. The minimum atomic E-state index is -0.945. The first-order valence-electron chi connectivity index (χ1n) is 9.34. The second-order valence-electron chi connectivity index (χ2n) is 7.54. The fraction of sp³-hybridized carbons (Fsp3) is 0.190. The van der Waals surface area contributed by atoms with Crippen molar-refractivity contribution in [3.8, 4) is 11.5 Å². The molecule has 8 nitrogen and oxygen atoms in total. The molecule has 1 aromatic carbocycles. The third kappa shape index (κ3) is 2.64. The van der Waals surface area contributed by atoms with E-state index in [0.717, 1.165) is 16.8 Å². The number of nitrogens with one attached hydrogen (secondary N) is 1. The maximum Gasteiger partial charge on any atom is 0.240 e. The summed E-state index contributed by atoms with van der Waals surface area (Å²) in [7, 11) is 3.79. The van der Waals surface area contributed by atoms with Gasteiger partial charge >= 0.3 is 0 Å². The molecule has 0 radical (unpaired) electrons. The standard InChI is InChI=1S/C21H18ClN7O/c1-21(12-4-6-13(22)7-5-12)16-18(27-20(21)30)25-17(26-19(16)28(2)3)14-11-29-9-8-23-15(29)10-24-14/h4-11H,1-3H3,(H,25,26,27,30). The molecule has 0 bridgehead atoms. The molecule has 9 heteroatoms. The fourth-order valence-corrected chi connectivity index (χ4v) is 3.91. The number of anilines is 2. The lowest BCUT2D eigenvalue weighted by atomic mass is 9.77. The maximum atomic E-state index is 13.1. The van der Waals surface area contributed by atoms with Crippen LogP contribution in [0.2, 0.25) is 5.02 Å². The number of carbonyl (C=O) groups excluding carboxylic acids is 1. The molecule has 1 amide bonds. The number of nitrogens with zero attached hydrogens (tertiary/aromatic N) is 6. The van der Waals surface area contributed by atoms with Gasteiger partial charge in [0.15, 0.2) is 11.5 Å². The molecule has 1 aliphatic rings. The monoisotopic (exact) mass is 419 g/mol. The first-order valence-corrected chi connectivity index (χ1v) is 9.72. The van der Waals surface area contributed by atoms with Gasteiger partial charge in [0.1, 0.15) is 22.7 Å². The minimum Gasteiger partial charge on any atom is -0.362 e. The van der Waals surface area contributed by atoms with Crippen LogP contribution in [0.25, 0.3) is 17.2 Å². The van der Waals surface area contributed by atoms with Crippen molar-refractivity contribution in [2.24, 2.45) is 0 Å². The van der Waals surface area contributed by atoms with E-state index in [1.54, 1.807) is 24.5 Å². The van der Waals surface area contributed by atoms with E-state index in [9.17, 15) is 4.79 Å². The summed E-state index contributed by atoms with van der Waals surface area (Å²) in [6.45, 7) is 1.88. The zero-order valence-electron chi connectivity index (χ0n) is 16.6. The molecule has 0 saturated carbocycles. The van der Waals surface area contributed by atoms with Crippen molar-refractivity contribution in [2.45, 2.75) is 12.3 Å². The van der Waals surface area contributed by atoms with Crippen LogP contribution in [0.15, 0.2) is 49.1 Å². The van der Waals surface area contributed by atoms with E-state index in [4.69, 9.17) is 16.6 Å². The summed E-state index contributed by atoms with van der Waals surface area (Å²) in [4.78, 5) is 33.1. The van der Waals surface area contributed by atoms with Gasteiger partial charge in [-0.05, 0) is 24.6 Å². The molecule has 4 heterocycles. The first kappa shape index (κ1) is 18.5. The predicted octanol–water partition coefficient (Wildman–Crippen LogP) is 3.16. The third-order valence-electron chi connectivity index (χ3n) is 5.43. The lowest BCUT2D eigenvalue weighted by Crippen LogP contribution is -2.33. The predicted molar refractivity (Wildman–Crippen MR) is 115 cm³/mol. The normalized spacial score (nSPS) is 17.8. The SMILES string of the molecule is CN(C)c1nc(-c2cn3ccnc3cn2)nc2c1C(C)(c1ccc(Cl)cc1)C(=O)N2. The summed E-state index contributed by atoms with van der Waals surface area (Å²) in [5.41, 5.74) is 1.92. The van der Waals surface area contributed by atoms with Gasteiger partial charge < -0.3 is 14.6 Å². The Morgan fingerprint density at radius 1 is 1.13 bits per heavy atom. The average molecular weight is 420 g/mol. The van der Waals surface area contributed by atoms with E-state index in [-0.39, 0.29) is 5.91 Å². The fourth-order valence-electron chi connectivity index (χ4n) is 3.78. The van der Waals surface area contributed by atoms with E-state index in [1.165, 1.54) is 0 Å². The second-order valence-corrected chi connectivity index (χ2v) is 7.98. The Bertz CT molecular complexity index is 1300. The number of hydrogen-bond acceptors (Lipinski definition) is 6. The number of carbonyl (C=O) groups is 1. The van der Waals surface area contributed by atoms with Crippen LogP contribution in [0.3, 0.4) is 0 Å². The summed E-state index contributed by atoms with van der Waals surface area (Å²) < 4.78 is 1.85. The first-order chi connectivity index (χ1) is 14.4. The number of imidazole rings is 1. The van der Waals surface area contributed by atoms with Crippen molar-refractivity contribution in [1.29, 1.82) is 0 Å². The molecule has 4 aromatic rings. The number of benzene rings is 1. The van der Waals surface area contributed by atoms with Crippen molar-refractivity contribution in [2.75, 3.05) is 24.3 Å². The van der Waals surface area contributed by atoms with Gasteiger partial charge in [0.05, 0.1) is 11.8 Å². The number of halogens is 1. The van der Waals surface area contributed by atoms with Crippen LogP contribution in [-0.4, -0.2) is 44.3 Å². The molecule has 0 fully saturated rings. The highest BCUT2D eigenvalue weighted by molar-refractivity contribution is 6.30. The Morgan fingerprint density at radius 2 is 1.90 bits per heavy atom. The summed E-state index contributed by atoms with van der Waals surface area (Å²) in [6.07, 6.45) is 7.02. The quantitative estimate of drug-likeness (QED) is 0.548. The van der Waals surface area contributed by atoms with Crippen molar-refractivity contribution in [3.05, 3.63) is 65.2 Å². The van der Waals surface area contributed by atoms with Crippen molar-refractivity contribution >= 4 is 34.8 Å². The second kappa shape index (κ2) is 6.50. The summed E-state index contributed by atoms with van der Waals surface area (Å²) >= 11 is 6.06. The van der Waals surface area contributed by atoms with Crippen LogP contribution in [0, 0.1) is 0 Å². The van der Waals surface area contributed by atoms with Crippen LogP contribution >= 0.6 is 11.6 Å². The number of hydrogen-bond donors (Lipinski definition) is 1. The third-order valence-corrected chi connectivity index (χ3v) is 5.68. The maximum absolute atomic E-state index is 13.1. The van der Waals surface area contributed by atoms with E-state index in [2.05, 4.69) is 20.3 Å². The average Bonchev–Trinajstić information content (AvgIpc) is 3.30. The van der Waals surface area contributed by atoms with Gasteiger partial charge in [0.25, 0.3) is 0 Å². The van der Waals surface area contributed by atoms with E-state index < -0.39 is 5.41 Å². The van der Waals surface area contributed by atoms with Gasteiger partial charge in [-0.15, -0.1) is 0 Å². The Balaban J connectivity index is 1.72. The van der Waals surface area contributed by atoms with Crippen molar-refractivity contribution in [3.63, 3.8) is 0 Å². The van der Waals surface area contributed by atoms with Gasteiger partial charge in [0, 0.05) is 37.7 Å². The smallest absolute Gasteiger partial charge is 0.240 e. The molecule has 0 saturated heterocycles. The van der Waals surface area contributed by atoms with Crippen LogP contribution < -0.4 is 10.2 Å². The number of amides is 1. The van der Waals surface area contributed by atoms with Gasteiger partial charge in [0.2, 0.25) is 5.91 Å². The van der Waals surface area contributed by atoms with E-state index in [1.807, 2.05) is 54.8 Å². The molecule has 150 valence electrons. The minimum absolute atomic E-state index is 0.160. The molecule has 0 spiro atoms. The van der Waals surface area contributed by atoms with Crippen LogP contribution in [0.1, 0.15) is 18.1 Å². The van der Waals surface area contributed by atoms with E-state index >= 15 is 0 Å². The lowest BCUT2D eigenvalue weighted by Gasteiger charge is -2.26. The highest BCUT2D eigenvalue weighted by atomic mass is 35.5. The summed E-state index contributed by atoms with van der Waals surface area (Å²) in [5, 5.41) is 3.55. The summed E-state index contributed by atoms with van der Waals surface area (Å²) in [5.74, 6) is 1.40.